The fraction of sp³-hybridized carbons (Fsp3) is 0.444. The third kappa shape index (κ3) is 2.80. The molecule has 1 aliphatic rings. The molecule has 88 valence electrons. The van der Waals surface area contributed by atoms with Crippen LogP contribution in [-0.2, 0) is 4.79 Å². The minimum Gasteiger partial charge on any atom is -0.506 e. The van der Waals surface area contributed by atoms with Crippen molar-refractivity contribution < 1.29 is 19.9 Å². The van der Waals surface area contributed by atoms with Crippen LogP contribution in [0.3, 0.4) is 0 Å². The Labute approximate surface area is 91.0 Å². The molecule has 0 saturated heterocycles. The van der Waals surface area contributed by atoms with Crippen LogP contribution >= 0.6 is 0 Å². The summed E-state index contributed by atoms with van der Waals surface area (Å²) in [7, 11) is 0. The molecule has 0 aromatic heterocycles. The summed E-state index contributed by atoms with van der Waals surface area (Å²) in [6.07, 6.45) is 2.72. The predicted octanol–water partition coefficient (Wildman–Crippen LogP) is 0.206. The minimum absolute atomic E-state index is 0.00366. The summed E-state index contributed by atoms with van der Waals surface area (Å²) in [5.41, 5.74) is 5.86. The molecule has 2 atom stereocenters. The Morgan fingerprint density at radius 2 is 2.31 bits per heavy atom. The van der Waals surface area contributed by atoms with Crippen LogP contribution in [0.25, 0.3) is 0 Å². The van der Waals surface area contributed by atoms with Crippen molar-refractivity contribution in [1.82, 2.24) is 0 Å². The van der Waals surface area contributed by atoms with Crippen LogP contribution in [0.2, 0.25) is 0 Å². The number of carboxylic acid groups (broad SMARTS) is 1. The van der Waals surface area contributed by atoms with E-state index < -0.39 is 23.0 Å². The van der Waals surface area contributed by atoms with Gasteiger partial charge in [0.2, 0.25) is 0 Å². The molecule has 1 aliphatic carbocycles. The van der Waals surface area contributed by atoms with Crippen LogP contribution in [0.15, 0.2) is 23.5 Å². The highest BCUT2D eigenvalue weighted by Crippen LogP contribution is 2.22. The summed E-state index contributed by atoms with van der Waals surface area (Å²) in [5, 5.41) is 28.4. The first-order chi connectivity index (χ1) is 7.41. The van der Waals surface area contributed by atoms with Crippen LogP contribution < -0.4 is 5.73 Å². The van der Waals surface area contributed by atoms with Crippen molar-refractivity contribution >= 4 is 5.97 Å². The number of carboxylic acids is 1. The first-order valence-corrected chi connectivity index (χ1v) is 4.62. The van der Waals surface area contributed by atoms with Gasteiger partial charge in [-0.1, -0.05) is 11.6 Å². The summed E-state index contributed by atoms with van der Waals surface area (Å²) >= 11 is 0. The van der Waals surface area contributed by atoms with Gasteiger partial charge in [-0.25, -0.2) is 0 Å². The van der Waals surface area contributed by atoms with Gasteiger partial charge >= 0.3 is 5.97 Å². The monoisotopic (exact) mass is 228 g/mol. The van der Waals surface area contributed by atoms with Gasteiger partial charge < -0.3 is 15.9 Å². The number of aliphatic hydroxyl groups excluding tert-OH is 1. The number of allylic oxidation sites excluding steroid dienone is 2. The van der Waals surface area contributed by atoms with Gasteiger partial charge in [-0.15, -0.1) is 0 Å². The summed E-state index contributed by atoms with van der Waals surface area (Å²) < 4.78 is 0. The van der Waals surface area contributed by atoms with E-state index in [2.05, 4.69) is 0 Å². The van der Waals surface area contributed by atoms with E-state index >= 15 is 0 Å². The highest BCUT2D eigenvalue weighted by atomic mass is 16.6. The highest BCUT2D eigenvalue weighted by Gasteiger charge is 2.30. The van der Waals surface area contributed by atoms with Gasteiger partial charge in [-0.3, -0.25) is 14.9 Å². The average molecular weight is 228 g/mol. The fourth-order valence-electron chi connectivity index (χ4n) is 1.44. The zero-order valence-electron chi connectivity index (χ0n) is 8.37. The fourth-order valence-corrected chi connectivity index (χ4v) is 1.44. The number of carbonyl (C=O) groups is 1. The van der Waals surface area contributed by atoms with Crippen molar-refractivity contribution in [2.45, 2.75) is 24.9 Å². The number of rotatable bonds is 4. The van der Waals surface area contributed by atoms with Gasteiger partial charge in [0.1, 0.15) is 6.04 Å². The summed E-state index contributed by atoms with van der Waals surface area (Å²) in [6.45, 7) is 0. The molecule has 7 nitrogen and oxygen atoms in total. The number of aliphatic carboxylic acids is 1. The molecule has 0 aromatic rings. The molecule has 0 aliphatic heterocycles. The van der Waals surface area contributed by atoms with Gasteiger partial charge in [0.05, 0.1) is 0 Å². The molecule has 16 heavy (non-hydrogen) atoms. The first-order valence-electron chi connectivity index (χ1n) is 4.62. The van der Waals surface area contributed by atoms with Crippen LogP contribution in [-0.4, -0.2) is 33.2 Å². The van der Waals surface area contributed by atoms with Crippen molar-refractivity contribution in [3.05, 3.63) is 33.6 Å². The van der Waals surface area contributed by atoms with E-state index in [0.717, 1.165) is 0 Å². The zero-order chi connectivity index (χ0) is 12.3. The smallest absolute Gasteiger partial charge is 0.320 e. The van der Waals surface area contributed by atoms with Crippen molar-refractivity contribution in [1.29, 1.82) is 0 Å². The Morgan fingerprint density at radius 3 is 2.81 bits per heavy atom. The number of hydrogen-bond acceptors (Lipinski definition) is 5. The molecular weight excluding hydrogens is 216 g/mol. The first kappa shape index (κ1) is 12.2. The van der Waals surface area contributed by atoms with Gasteiger partial charge in [-0.2, -0.15) is 0 Å². The molecular formula is C9H12N2O5. The molecule has 4 N–H and O–H groups in total. The maximum atomic E-state index is 10.6. The summed E-state index contributed by atoms with van der Waals surface area (Å²) in [6, 6.07) is -2.27. The second-order valence-electron chi connectivity index (χ2n) is 3.57. The van der Waals surface area contributed by atoms with Crippen LogP contribution in [0.4, 0.5) is 0 Å². The van der Waals surface area contributed by atoms with Gasteiger partial charge in [0.15, 0.2) is 5.76 Å². The Bertz CT molecular complexity index is 370. The molecule has 0 amide bonds. The van der Waals surface area contributed by atoms with E-state index in [1.54, 1.807) is 0 Å². The Balaban J connectivity index is 2.71. The summed E-state index contributed by atoms with van der Waals surface area (Å²) in [5.74, 6) is -1.48. The van der Waals surface area contributed by atoms with Gasteiger partial charge in [0, 0.05) is 11.3 Å². The van der Waals surface area contributed by atoms with E-state index in [9.17, 15) is 20.0 Å². The number of nitrogens with zero attached hydrogens (tertiary/aromatic N) is 1. The third-order valence-corrected chi connectivity index (χ3v) is 2.34. The topological polar surface area (TPSA) is 127 Å². The highest BCUT2D eigenvalue weighted by molar-refractivity contribution is 5.73. The molecule has 0 spiro atoms. The molecule has 1 rings (SSSR count). The van der Waals surface area contributed by atoms with Crippen molar-refractivity contribution in [3.63, 3.8) is 0 Å². The van der Waals surface area contributed by atoms with E-state index in [0.29, 0.717) is 5.57 Å². The molecule has 0 bridgehead atoms. The number of nitro groups is 1. The molecule has 0 saturated carbocycles. The lowest BCUT2D eigenvalue weighted by atomic mass is 9.94. The normalized spacial score (nSPS) is 21.9. The largest absolute Gasteiger partial charge is 0.506 e. The average Bonchev–Trinajstić information content (AvgIpc) is 2.20. The Kier molecular flexibility index (Phi) is 3.62. The Morgan fingerprint density at radius 1 is 1.69 bits per heavy atom. The van der Waals surface area contributed by atoms with E-state index in [4.69, 9.17) is 10.8 Å². The SMILES string of the molecule is NC(CC1=CC=C(O)C([N+](=O)[O-])C1)C(=O)O. The van der Waals surface area contributed by atoms with E-state index in [-0.39, 0.29) is 18.6 Å². The second kappa shape index (κ2) is 4.75. The van der Waals surface area contributed by atoms with E-state index in [1.165, 1.54) is 12.2 Å². The molecule has 0 fully saturated rings. The quantitative estimate of drug-likeness (QED) is 0.466. The predicted molar refractivity (Wildman–Crippen MR) is 54.4 cm³/mol. The Hall–Kier alpha value is -1.89. The zero-order valence-corrected chi connectivity index (χ0v) is 8.37. The molecule has 2 unspecified atom stereocenters. The van der Waals surface area contributed by atoms with Crippen molar-refractivity contribution in [2.24, 2.45) is 5.73 Å². The maximum Gasteiger partial charge on any atom is 0.320 e. The maximum absolute atomic E-state index is 10.6. The van der Waals surface area contributed by atoms with Crippen molar-refractivity contribution in [3.8, 4) is 0 Å². The lowest BCUT2D eigenvalue weighted by molar-refractivity contribution is -0.516. The van der Waals surface area contributed by atoms with Crippen LogP contribution in [0.5, 0.6) is 0 Å². The van der Waals surface area contributed by atoms with Crippen molar-refractivity contribution in [2.75, 3.05) is 0 Å². The molecule has 0 heterocycles. The van der Waals surface area contributed by atoms with Gasteiger partial charge in [-0.05, 0) is 12.5 Å². The molecule has 0 radical (unpaired) electrons. The molecule has 7 heteroatoms. The lowest BCUT2D eigenvalue weighted by Gasteiger charge is -2.16. The van der Waals surface area contributed by atoms with E-state index in [1.807, 2.05) is 0 Å². The standard InChI is InChI=1S/C9H12N2O5/c10-6(9(13)14)3-5-1-2-8(12)7(4-5)11(15)16/h1-2,6-7,12H,3-4,10H2,(H,13,14). The third-order valence-electron chi connectivity index (χ3n) is 2.34. The number of hydrogen-bond donors (Lipinski definition) is 3. The molecule has 0 aromatic carbocycles. The minimum atomic E-state index is -1.19. The van der Waals surface area contributed by atoms with Gasteiger partial charge in [0.25, 0.3) is 6.04 Å². The lowest BCUT2D eigenvalue weighted by Crippen LogP contribution is -2.32. The van der Waals surface area contributed by atoms with Crippen LogP contribution in [0, 0.1) is 10.1 Å². The summed E-state index contributed by atoms with van der Waals surface area (Å²) in [4.78, 5) is 20.5. The number of aliphatic hydroxyl groups is 1. The number of nitrogens with two attached hydrogens (primary N) is 1. The second-order valence-corrected chi connectivity index (χ2v) is 3.57. The van der Waals surface area contributed by atoms with Crippen LogP contribution in [0.1, 0.15) is 12.8 Å².